The maximum Gasteiger partial charge on any atom is 0.306 e. The van der Waals surface area contributed by atoms with Crippen LogP contribution in [0.15, 0.2) is 11.6 Å². The summed E-state index contributed by atoms with van der Waals surface area (Å²) in [5, 5.41) is 0. The molecule has 4 aliphatic rings. The van der Waals surface area contributed by atoms with Gasteiger partial charge in [0.25, 0.3) is 0 Å². The van der Waals surface area contributed by atoms with Crippen molar-refractivity contribution < 1.29 is 9.53 Å². The molecule has 194 valence electrons. The monoisotopic (exact) mass is 470 g/mol. The van der Waals surface area contributed by atoms with Crippen molar-refractivity contribution in [2.45, 2.75) is 149 Å². The minimum atomic E-state index is 0.0283. The summed E-state index contributed by atoms with van der Waals surface area (Å²) >= 11 is 0. The largest absolute Gasteiger partial charge is 0.462 e. The zero-order valence-electron chi connectivity index (χ0n) is 23.0. The molecule has 0 heterocycles. The fraction of sp³-hybridized carbons (Fsp3) is 0.906. The number of unbranched alkanes of at least 4 members (excludes halogenated alkanes) is 6. The molecular weight excluding hydrogens is 416 g/mol. The van der Waals surface area contributed by atoms with E-state index in [0.717, 1.165) is 49.4 Å². The predicted molar refractivity (Wildman–Crippen MR) is 143 cm³/mol. The van der Waals surface area contributed by atoms with Crippen LogP contribution in [0, 0.1) is 34.5 Å². The fourth-order valence-corrected chi connectivity index (χ4v) is 9.05. The second-order valence-corrected chi connectivity index (χ2v) is 13.1. The fourth-order valence-electron chi connectivity index (χ4n) is 9.05. The molecule has 0 aromatic heterocycles. The van der Waals surface area contributed by atoms with Gasteiger partial charge in [0.05, 0.1) is 0 Å². The Kier molecular flexibility index (Phi) is 8.90. The van der Waals surface area contributed by atoms with Gasteiger partial charge in [-0.25, -0.2) is 0 Å². The first-order valence-corrected chi connectivity index (χ1v) is 15.3. The number of fused-ring (bicyclic) bond motifs is 5. The summed E-state index contributed by atoms with van der Waals surface area (Å²) in [5.74, 6) is 3.69. The molecule has 0 N–H and O–H groups in total. The van der Waals surface area contributed by atoms with Crippen LogP contribution in [0.2, 0.25) is 0 Å². The van der Waals surface area contributed by atoms with Gasteiger partial charge in [0.2, 0.25) is 0 Å². The normalized spacial score (nSPS) is 39.1. The highest BCUT2D eigenvalue weighted by atomic mass is 16.5. The topological polar surface area (TPSA) is 26.3 Å². The minimum absolute atomic E-state index is 0.0283. The zero-order valence-corrected chi connectivity index (χ0v) is 23.0. The van der Waals surface area contributed by atoms with Gasteiger partial charge in [0, 0.05) is 12.8 Å². The first-order chi connectivity index (χ1) is 16.4. The summed E-state index contributed by atoms with van der Waals surface area (Å²) in [6.07, 6.45) is 25.9. The van der Waals surface area contributed by atoms with Gasteiger partial charge in [-0.2, -0.15) is 0 Å². The smallest absolute Gasteiger partial charge is 0.306 e. The summed E-state index contributed by atoms with van der Waals surface area (Å²) in [7, 11) is 0. The standard InChI is InChI=1S/C32H54O2/c1-5-7-9-10-11-12-13-24-16-18-28-27-17-15-25-23-26(34-30(33)14-8-6-2)19-21-32(25,4)29(27)20-22-31(24,28)3/h15,24,26-29H,5-14,16-23H2,1-4H3/t24-,26-,27+,28+,29+,31+,32-/m0/s1. The molecule has 34 heavy (non-hydrogen) atoms. The Balaban J connectivity index is 1.35. The first kappa shape index (κ1) is 26.3. The predicted octanol–water partition coefficient (Wildman–Crippen LogP) is 9.42. The van der Waals surface area contributed by atoms with Crippen molar-refractivity contribution in [3.8, 4) is 0 Å². The number of carbonyl (C=O) groups excluding carboxylic acids is 1. The van der Waals surface area contributed by atoms with Gasteiger partial charge in [0.1, 0.15) is 6.10 Å². The minimum Gasteiger partial charge on any atom is -0.462 e. The second-order valence-electron chi connectivity index (χ2n) is 13.1. The Morgan fingerprint density at radius 1 is 0.912 bits per heavy atom. The Hall–Kier alpha value is -0.790. The molecule has 0 radical (unpaired) electrons. The highest BCUT2D eigenvalue weighted by Gasteiger charge is 2.58. The molecule has 0 saturated heterocycles. The first-order valence-electron chi connectivity index (χ1n) is 15.3. The number of ether oxygens (including phenoxy) is 1. The van der Waals surface area contributed by atoms with Crippen molar-refractivity contribution in [3.63, 3.8) is 0 Å². The van der Waals surface area contributed by atoms with Crippen LogP contribution in [-0.2, 0) is 9.53 Å². The van der Waals surface area contributed by atoms with E-state index in [4.69, 9.17) is 4.74 Å². The van der Waals surface area contributed by atoms with Gasteiger partial charge in [-0.3, -0.25) is 4.79 Å². The van der Waals surface area contributed by atoms with Crippen LogP contribution >= 0.6 is 0 Å². The van der Waals surface area contributed by atoms with E-state index in [-0.39, 0.29) is 12.1 Å². The van der Waals surface area contributed by atoms with Gasteiger partial charge < -0.3 is 4.74 Å². The van der Waals surface area contributed by atoms with E-state index in [1.54, 1.807) is 5.57 Å². The molecule has 0 aliphatic heterocycles. The van der Waals surface area contributed by atoms with Crippen LogP contribution < -0.4 is 0 Å². The molecular formula is C32H54O2. The van der Waals surface area contributed by atoms with Crippen LogP contribution in [0.25, 0.3) is 0 Å². The van der Waals surface area contributed by atoms with Crippen LogP contribution in [-0.4, -0.2) is 12.1 Å². The number of rotatable bonds is 11. The average molecular weight is 471 g/mol. The van der Waals surface area contributed by atoms with Crippen molar-refractivity contribution in [2.24, 2.45) is 34.5 Å². The molecule has 2 heteroatoms. The Morgan fingerprint density at radius 3 is 2.47 bits per heavy atom. The molecule has 3 fully saturated rings. The van der Waals surface area contributed by atoms with E-state index in [1.165, 1.54) is 83.5 Å². The molecule has 0 spiro atoms. The number of allylic oxidation sites excluding steroid dienone is 1. The highest BCUT2D eigenvalue weighted by Crippen LogP contribution is 2.66. The third-order valence-corrected chi connectivity index (χ3v) is 11.2. The molecule has 0 aromatic rings. The molecule has 0 amide bonds. The molecule has 7 atom stereocenters. The van der Waals surface area contributed by atoms with Gasteiger partial charge in [0.15, 0.2) is 0 Å². The van der Waals surface area contributed by atoms with Crippen molar-refractivity contribution in [1.29, 1.82) is 0 Å². The SMILES string of the molecule is CCCCCCCC[C@H]1CC[C@@H]2[C@H]3CC=C4C[C@@H](OC(=O)CCCC)CC[C@]4(C)[C@@H]3CC[C@]12C. The van der Waals surface area contributed by atoms with Gasteiger partial charge >= 0.3 is 5.97 Å². The van der Waals surface area contributed by atoms with Crippen LogP contribution in [0.5, 0.6) is 0 Å². The second kappa shape index (κ2) is 11.5. The number of esters is 1. The maximum atomic E-state index is 12.2. The summed E-state index contributed by atoms with van der Waals surface area (Å²) in [5.41, 5.74) is 2.59. The quantitative estimate of drug-likeness (QED) is 0.171. The van der Waals surface area contributed by atoms with E-state index in [0.29, 0.717) is 17.3 Å². The maximum absolute atomic E-state index is 12.2. The van der Waals surface area contributed by atoms with E-state index in [9.17, 15) is 4.79 Å². The number of carbonyl (C=O) groups is 1. The number of hydrogen-bond donors (Lipinski definition) is 0. The summed E-state index contributed by atoms with van der Waals surface area (Å²) in [6, 6.07) is 0. The third-order valence-electron chi connectivity index (χ3n) is 11.2. The van der Waals surface area contributed by atoms with Gasteiger partial charge in [-0.15, -0.1) is 0 Å². The third kappa shape index (κ3) is 5.31. The lowest BCUT2D eigenvalue weighted by Gasteiger charge is -2.58. The van der Waals surface area contributed by atoms with E-state index >= 15 is 0 Å². The lowest BCUT2D eigenvalue weighted by molar-refractivity contribution is -0.151. The van der Waals surface area contributed by atoms with Crippen molar-refractivity contribution in [3.05, 3.63) is 11.6 Å². The van der Waals surface area contributed by atoms with Crippen molar-refractivity contribution in [2.75, 3.05) is 0 Å². The Labute approximate surface area is 211 Å². The van der Waals surface area contributed by atoms with Crippen molar-refractivity contribution in [1.82, 2.24) is 0 Å². The van der Waals surface area contributed by atoms with E-state index in [1.807, 2.05) is 0 Å². The lowest BCUT2D eigenvalue weighted by atomic mass is 9.47. The molecule has 4 rings (SSSR count). The molecule has 0 bridgehead atoms. The van der Waals surface area contributed by atoms with Gasteiger partial charge in [-0.1, -0.05) is 84.3 Å². The van der Waals surface area contributed by atoms with Gasteiger partial charge in [-0.05, 0) is 92.3 Å². The molecule has 4 aliphatic carbocycles. The van der Waals surface area contributed by atoms with Crippen molar-refractivity contribution >= 4 is 5.97 Å². The molecule has 0 unspecified atom stereocenters. The Bertz CT molecular complexity index is 710. The summed E-state index contributed by atoms with van der Waals surface area (Å²) < 4.78 is 5.91. The number of hydrogen-bond acceptors (Lipinski definition) is 2. The molecule has 0 aromatic carbocycles. The van der Waals surface area contributed by atoms with Crippen LogP contribution in [0.1, 0.15) is 143 Å². The van der Waals surface area contributed by atoms with E-state index < -0.39 is 0 Å². The zero-order chi connectivity index (χ0) is 24.2. The van der Waals surface area contributed by atoms with E-state index in [2.05, 4.69) is 33.8 Å². The highest BCUT2D eigenvalue weighted by molar-refractivity contribution is 5.69. The summed E-state index contributed by atoms with van der Waals surface area (Å²) in [4.78, 5) is 12.2. The lowest BCUT2D eigenvalue weighted by Crippen LogP contribution is -2.50. The molecule has 2 nitrogen and oxygen atoms in total. The van der Waals surface area contributed by atoms with Crippen LogP contribution in [0.4, 0.5) is 0 Å². The summed E-state index contributed by atoms with van der Waals surface area (Å²) in [6.45, 7) is 9.72. The average Bonchev–Trinajstić information content (AvgIpc) is 3.16. The van der Waals surface area contributed by atoms with Crippen LogP contribution in [0.3, 0.4) is 0 Å². The Morgan fingerprint density at radius 2 is 1.68 bits per heavy atom. The molecule has 3 saturated carbocycles.